The highest BCUT2D eigenvalue weighted by Gasteiger charge is 2.19. The molecule has 0 aliphatic carbocycles. The summed E-state index contributed by atoms with van der Waals surface area (Å²) < 4.78 is 3.89. The van der Waals surface area contributed by atoms with Gasteiger partial charge in [0.2, 0.25) is 0 Å². The first kappa shape index (κ1) is 14.5. The van der Waals surface area contributed by atoms with Crippen LogP contribution in [0.25, 0.3) is 0 Å². The zero-order chi connectivity index (χ0) is 14.5. The third kappa shape index (κ3) is 3.33. The second-order valence-corrected chi connectivity index (χ2v) is 5.46. The number of aryl methyl sites for hydroxylation is 1. The van der Waals surface area contributed by atoms with Crippen molar-refractivity contribution in [3.63, 3.8) is 0 Å². The molecule has 0 saturated carbocycles. The molecule has 2 N–H and O–H groups in total. The standard InChI is InChI=1S/C14H18N4OS/c1-3-5-12-13(20-17-16-12)14(19)18(2)9-10-6-4-7-11(15)8-10/h4,6-8H,3,5,9,15H2,1-2H3. The van der Waals surface area contributed by atoms with E-state index in [1.165, 1.54) is 0 Å². The van der Waals surface area contributed by atoms with E-state index < -0.39 is 0 Å². The van der Waals surface area contributed by atoms with Crippen LogP contribution in [-0.2, 0) is 13.0 Å². The van der Waals surface area contributed by atoms with Crippen molar-refractivity contribution < 1.29 is 4.79 Å². The Morgan fingerprint density at radius 2 is 2.25 bits per heavy atom. The molecule has 2 rings (SSSR count). The van der Waals surface area contributed by atoms with Gasteiger partial charge >= 0.3 is 0 Å². The summed E-state index contributed by atoms with van der Waals surface area (Å²) in [5.74, 6) is -0.0362. The maximum Gasteiger partial charge on any atom is 0.267 e. The van der Waals surface area contributed by atoms with Gasteiger partial charge in [0, 0.05) is 19.3 Å². The van der Waals surface area contributed by atoms with Crippen molar-refractivity contribution in [1.82, 2.24) is 14.5 Å². The number of aromatic nitrogens is 2. The molecule has 0 bridgehead atoms. The summed E-state index contributed by atoms with van der Waals surface area (Å²) >= 11 is 1.16. The fraction of sp³-hybridized carbons (Fsp3) is 0.357. The van der Waals surface area contributed by atoms with E-state index >= 15 is 0 Å². The molecule has 106 valence electrons. The summed E-state index contributed by atoms with van der Waals surface area (Å²) in [5, 5.41) is 4.03. The van der Waals surface area contributed by atoms with Gasteiger partial charge in [-0.05, 0) is 35.6 Å². The van der Waals surface area contributed by atoms with Crippen molar-refractivity contribution in [1.29, 1.82) is 0 Å². The highest BCUT2D eigenvalue weighted by Crippen LogP contribution is 2.17. The molecule has 0 unspecified atom stereocenters. The first-order valence-electron chi connectivity index (χ1n) is 6.53. The van der Waals surface area contributed by atoms with Crippen LogP contribution in [0.1, 0.15) is 34.3 Å². The summed E-state index contributed by atoms with van der Waals surface area (Å²) in [7, 11) is 1.78. The minimum Gasteiger partial charge on any atom is -0.399 e. The molecular formula is C14H18N4OS. The van der Waals surface area contributed by atoms with Gasteiger partial charge in [-0.1, -0.05) is 30.0 Å². The summed E-state index contributed by atoms with van der Waals surface area (Å²) in [4.78, 5) is 14.7. The Morgan fingerprint density at radius 3 is 2.95 bits per heavy atom. The van der Waals surface area contributed by atoms with Crippen LogP contribution in [0.5, 0.6) is 0 Å². The van der Waals surface area contributed by atoms with Crippen molar-refractivity contribution in [3.05, 3.63) is 40.4 Å². The number of nitrogen functional groups attached to an aromatic ring is 1. The van der Waals surface area contributed by atoms with E-state index in [-0.39, 0.29) is 5.91 Å². The first-order chi connectivity index (χ1) is 9.61. The molecule has 0 fully saturated rings. The van der Waals surface area contributed by atoms with E-state index in [9.17, 15) is 4.79 Å². The summed E-state index contributed by atoms with van der Waals surface area (Å²) in [6.07, 6.45) is 1.73. The van der Waals surface area contributed by atoms with Gasteiger partial charge in [-0.15, -0.1) is 5.10 Å². The fourth-order valence-corrected chi connectivity index (χ4v) is 2.69. The van der Waals surface area contributed by atoms with Crippen LogP contribution in [0.4, 0.5) is 5.69 Å². The average molecular weight is 290 g/mol. The Balaban J connectivity index is 2.10. The summed E-state index contributed by atoms with van der Waals surface area (Å²) in [6, 6.07) is 7.55. The molecule has 0 spiro atoms. The van der Waals surface area contributed by atoms with Crippen molar-refractivity contribution in [3.8, 4) is 0 Å². The first-order valence-corrected chi connectivity index (χ1v) is 7.30. The number of benzene rings is 1. The summed E-state index contributed by atoms with van der Waals surface area (Å²) in [5.41, 5.74) is 8.25. The molecule has 0 aliphatic rings. The zero-order valence-electron chi connectivity index (χ0n) is 11.7. The van der Waals surface area contributed by atoms with Gasteiger partial charge in [0.1, 0.15) is 4.88 Å². The molecule has 0 radical (unpaired) electrons. The monoisotopic (exact) mass is 290 g/mol. The van der Waals surface area contributed by atoms with Gasteiger partial charge in [0.15, 0.2) is 0 Å². The van der Waals surface area contributed by atoms with Gasteiger partial charge in [0.25, 0.3) is 5.91 Å². The molecular weight excluding hydrogens is 272 g/mol. The Morgan fingerprint density at radius 1 is 1.45 bits per heavy atom. The van der Waals surface area contributed by atoms with Crippen LogP contribution < -0.4 is 5.73 Å². The second-order valence-electron chi connectivity index (χ2n) is 4.71. The molecule has 0 aliphatic heterocycles. The fourth-order valence-electron chi connectivity index (χ4n) is 1.98. The number of nitrogens with two attached hydrogens (primary N) is 1. The van der Waals surface area contributed by atoms with Gasteiger partial charge in [-0.2, -0.15) is 0 Å². The van der Waals surface area contributed by atoms with Crippen LogP contribution in [0.3, 0.4) is 0 Å². The maximum absolute atomic E-state index is 12.4. The molecule has 1 heterocycles. The number of hydrogen-bond donors (Lipinski definition) is 1. The number of hydrogen-bond acceptors (Lipinski definition) is 5. The molecule has 1 amide bonds. The lowest BCUT2D eigenvalue weighted by Crippen LogP contribution is -2.26. The number of carbonyl (C=O) groups excluding carboxylic acids is 1. The Hall–Kier alpha value is -1.95. The zero-order valence-corrected chi connectivity index (χ0v) is 12.5. The Bertz CT molecular complexity index is 596. The quantitative estimate of drug-likeness (QED) is 0.858. The highest BCUT2D eigenvalue weighted by molar-refractivity contribution is 7.07. The van der Waals surface area contributed by atoms with Crippen LogP contribution in [0.2, 0.25) is 0 Å². The highest BCUT2D eigenvalue weighted by atomic mass is 32.1. The Labute approximate surface area is 122 Å². The van der Waals surface area contributed by atoms with E-state index in [1.54, 1.807) is 11.9 Å². The number of nitrogens with zero attached hydrogens (tertiary/aromatic N) is 3. The van der Waals surface area contributed by atoms with Gasteiger partial charge in [0.05, 0.1) is 5.69 Å². The normalized spacial score (nSPS) is 10.5. The van der Waals surface area contributed by atoms with Crippen LogP contribution in [0, 0.1) is 0 Å². The molecule has 5 nitrogen and oxygen atoms in total. The molecule has 1 aromatic heterocycles. The van der Waals surface area contributed by atoms with E-state index in [2.05, 4.69) is 16.5 Å². The lowest BCUT2D eigenvalue weighted by Gasteiger charge is -2.16. The molecule has 1 aromatic carbocycles. The third-order valence-electron chi connectivity index (χ3n) is 2.95. The van der Waals surface area contributed by atoms with Crippen LogP contribution in [0.15, 0.2) is 24.3 Å². The van der Waals surface area contributed by atoms with Crippen LogP contribution >= 0.6 is 11.5 Å². The lowest BCUT2D eigenvalue weighted by molar-refractivity contribution is 0.0788. The van der Waals surface area contributed by atoms with E-state index in [0.717, 1.165) is 35.6 Å². The predicted octanol–water partition coefficient (Wildman–Crippen LogP) is 2.34. The molecule has 0 atom stereocenters. The van der Waals surface area contributed by atoms with Crippen molar-refractivity contribution >= 4 is 23.1 Å². The number of amides is 1. The van der Waals surface area contributed by atoms with Crippen molar-refractivity contribution in [2.75, 3.05) is 12.8 Å². The third-order valence-corrected chi connectivity index (χ3v) is 3.71. The number of rotatable bonds is 5. The number of anilines is 1. The summed E-state index contributed by atoms with van der Waals surface area (Å²) in [6.45, 7) is 2.58. The van der Waals surface area contributed by atoms with Crippen LogP contribution in [-0.4, -0.2) is 27.4 Å². The van der Waals surface area contributed by atoms with E-state index in [4.69, 9.17) is 5.73 Å². The smallest absolute Gasteiger partial charge is 0.267 e. The number of carbonyl (C=O) groups is 1. The largest absolute Gasteiger partial charge is 0.399 e. The average Bonchev–Trinajstić information content (AvgIpc) is 2.86. The van der Waals surface area contributed by atoms with Gasteiger partial charge in [-0.3, -0.25) is 4.79 Å². The van der Waals surface area contributed by atoms with Crippen molar-refractivity contribution in [2.24, 2.45) is 0 Å². The SMILES string of the molecule is CCCc1nnsc1C(=O)N(C)Cc1cccc(N)c1. The maximum atomic E-state index is 12.4. The molecule has 0 saturated heterocycles. The van der Waals surface area contributed by atoms with E-state index in [1.807, 2.05) is 24.3 Å². The van der Waals surface area contributed by atoms with Gasteiger partial charge in [-0.25, -0.2) is 0 Å². The van der Waals surface area contributed by atoms with Gasteiger partial charge < -0.3 is 10.6 Å². The molecule has 20 heavy (non-hydrogen) atoms. The topological polar surface area (TPSA) is 72.1 Å². The van der Waals surface area contributed by atoms with Crippen molar-refractivity contribution in [2.45, 2.75) is 26.3 Å². The lowest BCUT2D eigenvalue weighted by atomic mass is 10.2. The second kappa shape index (κ2) is 6.47. The van der Waals surface area contributed by atoms with E-state index in [0.29, 0.717) is 17.1 Å². The molecule has 2 aromatic rings. The Kier molecular flexibility index (Phi) is 4.68. The minimum atomic E-state index is -0.0362. The molecule has 6 heteroatoms. The predicted molar refractivity (Wildman–Crippen MR) is 80.6 cm³/mol. The minimum absolute atomic E-state index is 0.0362.